The third kappa shape index (κ3) is 4.49. The molecule has 0 aliphatic carbocycles. The standard InChI is InChI=1S/C18H19ClN2O3/c1-11(2)17(22)20-13-5-4-6-14(10-13)21-18(23)15-9-12(19)7-8-16(15)24-3/h4-11H,1-3H3,(H,20,22)(H,21,23). The predicted molar refractivity (Wildman–Crippen MR) is 95.9 cm³/mol. The Hall–Kier alpha value is -2.53. The molecule has 6 heteroatoms. The van der Waals surface area contributed by atoms with E-state index in [9.17, 15) is 9.59 Å². The van der Waals surface area contributed by atoms with Gasteiger partial charge >= 0.3 is 0 Å². The van der Waals surface area contributed by atoms with Crippen LogP contribution in [0.3, 0.4) is 0 Å². The molecule has 0 radical (unpaired) electrons. The van der Waals surface area contributed by atoms with Crippen LogP contribution in [0.1, 0.15) is 24.2 Å². The molecule has 0 bridgehead atoms. The van der Waals surface area contributed by atoms with E-state index in [0.717, 1.165) is 0 Å². The second-order valence-corrected chi connectivity index (χ2v) is 5.96. The van der Waals surface area contributed by atoms with Crippen LogP contribution in [0.25, 0.3) is 0 Å². The SMILES string of the molecule is COc1ccc(Cl)cc1C(=O)Nc1cccc(NC(=O)C(C)C)c1. The number of methoxy groups -OCH3 is 1. The predicted octanol–water partition coefficient (Wildman–Crippen LogP) is 4.20. The molecule has 0 heterocycles. The molecular weight excluding hydrogens is 328 g/mol. The molecule has 0 aromatic heterocycles. The number of rotatable bonds is 5. The van der Waals surface area contributed by atoms with Crippen LogP contribution in [0.15, 0.2) is 42.5 Å². The lowest BCUT2D eigenvalue weighted by Gasteiger charge is -2.12. The van der Waals surface area contributed by atoms with Crippen LogP contribution in [-0.2, 0) is 4.79 Å². The number of carbonyl (C=O) groups is 2. The van der Waals surface area contributed by atoms with Gasteiger partial charge in [-0.2, -0.15) is 0 Å². The Morgan fingerprint density at radius 3 is 2.33 bits per heavy atom. The first-order valence-electron chi connectivity index (χ1n) is 7.46. The molecule has 0 aliphatic heterocycles. The summed E-state index contributed by atoms with van der Waals surface area (Å²) in [5.74, 6) is -0.128. The smallest absolute Gasteiger partial charge is 0.259 e. The first-order chi connectivity index (χ1) is 11.4. The Bertz CT molecular complexity index is 760. The lowest BCUT2D eigenvalue weighted by atomic mass is 10.1. The van der Waals surface area contributed by atoms with Gasteiger partial charge in [0.2, 0.25) is 5.91 Å². The van der Waals surface area contributed by atoms with Gasteiger partial charge in [-0.05, 0) is 36.4 Å². The fraction of sp³-hybridized carbons (Fsp3) is 0.222. The van der Waals surface area contributed by atoms with Gasteiger partial charge in [0.15, 0.2) is 0 Å². The first kappa shape index (κ1) is 17.8. The van der Waals surface area contributed by atoms with Gasteiger partial charge in [0.25, 0.3) is 5.91 Å². The van der Waals surface area contributed by atoms with Crippen molar-refractivity contribution in [2.45, 2.75) is 13.8 Å². The van der Waals surface area contributed by atoms with Gasteiger partial charge in [-0.25, -0.2) is 0 Å². The molecule has 0 saturated carbocycles. The van der Waals surface area contributed by atoms with Gasteiger partial charge in [0.1, 0.15) is 5.75 Å². The van der Waals surface area contributed by atoms with E-state index in [2.05, 4.69) is 10.6 Å². The number of benzene rings is 2. The molecule has 2 amide bonds. The highest BCUT2D eigenvalue weighted by Crippen LogP contribution is 2.24. The van der Waals surface area contributed by atoms with Gasteiger partial charge in [-0.15, -0.1) is 0 Å². The Morgan fingerprint density at radius 1 is 1.04 bits per heavy atom. The molecule has 0 fully saturated rings. The summed E-state index contributed by atoms with van der Waals surface area (Å²) >= 11 is 5.95. The zero-order valence-electron chi connectivity index (χ0n) is 13.7. The van der Waals surface area contributed by atoms with E-state index in [-0.39, 0.29) is 17.7 Å². The second-order valence-electron chi connectivity index (χ2n) is 5.52. The highest BCUT2D eigenvalue weighted by molar-refractivity contribution is 6.31. The van der Waals surface area contributed by atoms with Crippen molar-refractivity contribution in [2.24, 2.45) is 5.92 Å². The maximum absolute atomic E-state index is 12.5. The summed E-state index contributed by atoms with van der Waals surface area (Å²) in [7, 11) is 1.49. The van der Waals surface area contributed by atoms with E-state index in [4.69, 9.17) is 16.3 Å². The fourth-order valence-electron chi connectivity index (χ4n) is 2.02. The summed E-state index contributed by atoms with van der Waals surface area (Å²) in [6.45, 7) is 3.62. The number of carbonyl (C=O) groups excluding carboxylic acids is 2. The number of nitrogens with one attached hydrogen (secondary N) is 2. The molecule has 2 aromatic rings. The maximum atomic E-state index is 12.5. The van der Waals surface area contributed by atoms with Crippen molar-refractivity contribution in [2.75, 3.05) is 17.7 Å². The van der Waals surface area contributed by atoms with Crippen molar-refractivity contribution >= 4 is 34.8 Å². The Morgan fingerprint density at radius 2 is 1.71 bits per heavy atom. The summed E-state index contributed by atoms with van der Waals surface area (Å²) in [6, 6.07) is 11.8. The molecule has 126 valence electrons. The van der Waals surface area contributed by atoms with Crippen molar-refractivity contribution in [3.05, 3.63) is 53.1 Å². The molecule has 2 aromatic carbocycles. The third-order valence-electron chi connectivity index (χ3n) is 3.32. The normalized spacial score (nSPS) is 10.4. The third-order valence-corrected chi connectivity index (χ3v) is 3.55. The minimum absolute atomic E-state index is 0.0880. The molecule has 5 nitrogen and oxygen atoms in total. The molecule has 24 heavy (non-hydrogen) atoms. The highest BCUT2D eigenvalue weighted by Gasteiger charge is 2.14. The van der Waals surface area contributed by atoms with Crippen LogP contribution < -0.4 is 15.4 Å². The molecule has 0 saturated heterocycles. The minimum atomic E-state index is -0.346. The van der Waals surface area contributed by atoms with Crippen molar-refractivity contribution in [1.82, 2.24) is 0 Å². The summed E-state index contributed by atoms with van der Waals surface area (Å²) in [4.78, 5) is 24.2. The van der Waals surface area contributed by atoms with Gasteiger partial charge in [-0.1, -0.05) is 31.5 Å². The Labute approximate surface area is 146 Å². The largest absolute Gasteiger partial charge is 0.496 e. The molecule has 0 spiro atoms. The van der Waals surface area contributed by atoms with Crippen LogP contribution in [0.4, 0.5) is 11.4 Å². The number of ether oxygens (including phenoxy) is 1. The zero-order chi connectivity index (χ0) is 17.7. The van der Waals surface area contributed by atoms with Crippen LogP contribution >= 0.6 is 11.6 Å². The quantitative estimate of drug-likeness (QED) is 0.852. The molecular formula is C18H19ClN2O3. The van der Waals surface area contributed by atoms with Crippen LogP contribution in [0.2, 0.25) is 5.02 Å². The lowest BCUT2D eigenvalue weighted by Crippen LogP contribution is -2.18. The average molecular weight is 347 g/mol. The molecule has 0 aliphatic rings. The average Bonchev–Trinajstić information content (AvgIpc) is 2.55. The molecule has 0 atom stereocenters. The van der Waals surface area contributed by atoms with E-state index in [1.807, 2.05) is 13.8 Å². The highest BCUT2D eigenvalue weighted by atomic mass is 35.5. The zero-order valence-corrected chi connectivity index (χ0v) is 14.5. The van der Waals surface area contributed by atoms with Crippen molar-refractivity contribution < 1.29 is 14.3 Å². The topological polar surface area (TPSA) is 67.4 Å². The van der Waals surface area contributed by atoms with Crippen LogP contribution in [-0.4, -0.2) is 18.9 Å². The Balaban J connectivity index is 2.18. The number of halogens is 1. The lowest BCUT2D eigenvalue weighted by molar-refractivity contribution is -0.118. The van der Waals surface area contributed by atoms with Gasteiger partial charge in [0.05, 0.1) is 12.7 Å². The van der Waals surface area contributed by atoms with Crippen molar-refractivity contribution in [3.63, 3.8) is 0 Å². The van der Waals surface area contributed by atoms with Crippen LogP contribution in [0, 0.1) is 5.92 Å². The Kier molecular flexibility index (Phi) is 5.82. The number of amides is 2. The number of hydrogen-bond acceptors (Lipinski definition) is 3. The van der Waals surface area contributed by atoms with Gasteiger partial charge in [0, 0.05) is 22.3 Å². The maximum Gasteiger partial charge on any atom is 0.259 e. The summed E-state index contributed by atoms with van der Waals surface area (Å²) in [5.41, 5.74) is 1.51. The van der Waals surface area contributed by atoms with Crippen molar-refractivity contribution in [1.29, 1.82) is 0 Å². The van der Waals surface area contributed by atoms with Crippen LogP contribution in [0.5, 0.6) is 5.75 Å². The molecule has 2 rings (SSSR count). The van der Waals surface area contributed by atoms with Gasteiger partial charge < -0.3 is 15.4 Å². The summed E-state index contributed by atoms with van der Waals surface area (Å²) < 4.78 is 5.19. The van der Waals surface area contributed by atoms with E-state index >= 15 is 0 Å². The van der Waals surface area contributed by atoms with Gasteiger partial charge in [-0.3, -0.25) is 9.59 Å². The number of anilines is 2. The first-order valence-corrected chi connectivity index (χ1v) is 7.84. The fourth-order valence-corrected chi connectivity index (χ4v) is 2.19. The van der Waals surface area contributed by atoms with E-state index in [1.165, 1.54) is 7.11 Å². The second kappa shape index (κ2) is 7.84. The molecule has 0 unspecified atom stereocenters. The van der Waals surface area contributed by atoms with E-state index in [0.29, 0.717) is 27.7 Å². The minimum Gasteiger partial charge on any atom is -0.496 e. The summed E-state index contributed by atoms with van der Waals surface area (Å²) in [6.07, 6.45) is 0. The van der Waals surface area contributed by atoms with Crippen molar-refractivity contribution in [3.8, 4) is 5.75 Å². The monoisotopic (exact) mass is 346 g/mol. The van der Waals surface area contributed by atoms with E-state index in [1.54, 1.807) is 42.5 Å². The molecule has 2 N–H and O–H groups in total. The summed E-state index contributed by atoms with van der Waals surface area (Å²) in [5, 5.41) is 6.01. The van der Waals surface area contributed by atoms with E-state index < -0.39 is 0 Å². The number of hydrogen-bond donors (Lipinski definition) is 2.